The zero-order valence-corrected chi connectivity index (χ0v) is 30.3. The lowest BCUT2D eigenvalue weighted by molar-refractivity contribution is 0.670. The highest BCUT2D eigenvalue weighted by molar-refractivity contribution is 7.26. The fourth-order valence-corrected chi connectivity index (χ4v) is 9.25. The predicted molar refractivity (Wildman–Crippen MR) is 234 cm³/mol. The fraction of sp³-hybridized carbons (Fsp3) is 0. The summed E-state index contributed by atoms with van der Waals surface area (Å²) in [6.45, 7) is 0. The standard InChI is InChI=1S/C51H29N3OS/c1-2-12-30(13-3-1)49-52-50(54-51(53-49)43-22-11-21-42-40-18-8-9-23-46(40)56-48(42)43)32-25-27-39-41-20-10-19-33(47(41)55-45(39)29-32)31-24-26-38-36-16-5-4-14-34(36)35-15-6-7-17-37(35)44(38)28-31/h1-29H/i10D,19D,20D,25D,27D,29D. The second kappa shape index (κ2) is 12.2. The number of furan rings is 1. The topological polar surface area (TPSA) is 51.8 Å². The summed E-state index contributed by atoms with van der Waals surface area (Å²) in [7, 11) is 0. The Kier molecular flexibility index (Phi) is 5.59. The third-order valence-electron chi connectivity index (χ3n) is 10.6. The summed E-state index contributed by atoms with van der Waals surface area (Å²) in [5, 5.41) is 8.64. The van der Waals surface area contributed by atoms with Crippen LogP contribution in [0, 0.1) is 0 Å². The maximum atomic E-state index is 9.68. The van der Waals surface area contributed by atoms with Gasteiger partial charge in [-0.1, -0.05) is 145 Å². The van der Waals surface area contributed by atoms with Crippen LogP contribution in [0.1, 0.15) is 8.22 Å². The summed E-state index contributed by atoms with van der Waals surface area (Å²) in [6, 6.07) is 44.2. The average Bonchev–Trinajstić information content (AvgIpc) is 3.90. The second-order valence-corrected chi connectivity index (χ2v) is 14.9. The van der Waals surface area contributed by atoms with Crippen LogP contribution in [0.3, 0.4) is 0 Å². The summed E-state index contributed by atoms with van der Waals surface area (Å²) in [6.07, 6.45) is 0. The molecule has 0 aliphatic rings. The Balaban J connectivity index is 1.12. The molecule has 0 aliphatic carbocycles. The number of hydrogen-bond acceptors (Lipinski definition) is 5. The summed E-state index contributed by atoms with van der Waals surface area (Å²) in [5.41, 5.74) is 2.36. The molecule has 260 valence electrons. The van der Waals surface area contributed by atoms with E-state index in [1.807, 2.05) is 97.1 Å². The first-order valence-corrected chi connectivity index (χ1v) is 19.1. The molecule has 0 unspecified atom stereocenters. The Morgan fingerprint density at radius 3 is 1.86 bits per heavy atom. The molecule has 3 heterocycles. The summed E-state index contributed by atoms with van der Waals surface area (Å²) >= 11 is 1.64. The van der Waals surface area contributed by atoms with E-state index in [4.69, 9.17) is 22.1 Å². The van der Waals surface area contributed by atoms with E-state index in [0.717, 1.165) is 58.1 Å². The van der Waals surface area contributed by atoms with Gasteiger partial charge in [-0.2, -0.15) is 0 Å². The Morgan fingerprint density at radius 2 is 1.07 bits per heavy atom. The van der Waals surface area contributed by atoms with Crippen LogP contribution in [0.2, 0.25) is 0 Å². The Bertz CT molecular complexity index is 3870. The van der Waals surface area contributed by atoms with E-state index < -0.39 is 0 Å². The van der Waals surface area contributed by atoms with Crippen LogP contribution in [-0.2, 0) is 0 Å². The van der Waals surface area contributed by atoms with Gasteiger partial charge in [-0.05, 0) is 68.2 Å². The number of nitrogens with zero attached hydrogens (tertiary/aromatic N) is 3. The molecule has 0 bridgehead atoms. The number of fused-ring (bicyclic) bond motifs is 12. The molecule has 4 nitrogen and oxygen atoms in total. The average molecular weight is 738 g/mol. The van der Waals surface area contributed by atoms with Crippen LogP contribution >= 0.6 is 11.3 Å². The number of hydrogen-bond donors (Lipinski definition) is 0. The van der Waals surface area contributed by atoms with Crippen molar-refractivity contribution in [1.29, 1.82) is 0 Å². The van der Waals surface area contributed by atoms with E-state index in [0.29, 0.717) is 22.8 Å². The number of rotatable bonds is 4. The van der Waals surface area contributed by atoms with Crippen molar-refractivity contribution in [1.82, 2.24) is 15.0 Å². The zero-order valence-electron chi connectivity index (χ0n) is 35.4. The van der Waals surface area contributed by atoms with Gasteiger partial charge in [0.2, 0.25) is 0 Å². The van der Waals surface area contributed by atoms with Gasteiger partial charge in [0.1, 0.15) is 11.2 Å². The Morgan fingerprint density at radius 1 is 0.429 bits per heavy atom. The van der Waals surface area contributed by atoms with E-state index in [9.17, 15) is 5.48 Å². The van der Waals surface area contributed by atoms with Crippen LogP contribution in [0.4, 0.5) is 0 Å². The Hall–Kier alpha value is -7.21. The molecule has 0 atom stereocenters. The van der Waals surface area contributed by atoms with Crippen molar-refractivity contribution in [3.05, 3.63) is 176 Å². The van der Waals surface area contributed by atoms with Crippen molar-refractivity contribution in [2.24, 2.45) is 0 Å². The first kappa shape index (κ1) is 25.7. The highest BCUT2D eigenvalue weighted by Crippen LogP contribution is 2.42. The maximum Gasteiger partial charge on any atom is 0.165 e. The third kappa shape index (κ3) is 4.75. The number of benzene rings is 9. The van der Waals surface area contributed by atoms with Gasteiger partial charge in [-0.15, -0.1) is 11.3 Å². The number of thiophene rings is 1. The molecule has 0 saturated heterocycles. The highest BCUT2D eigenvalue weighted by Gasteiger charge is 2.19. The van der Waals surface area contributed by atoms with Crippen molar-refractivity contribution in [2.45, 2.75) is 0 Å². The van der Waals surface area contributed by atoms with E-state index in [-0.39, 0.29) is 75.1 Å². The third-order valence-corrected chi connectivity index (χ3v) is 11.9. The van der Waals surface area contributed by atoms with E-state index in [2.05, 4.69) is 42.5 Å². The van der Waals surface area contributed by atoms with Crippen LogP contribution in [0.25, 0.3) is 120 Å². The molecule has 0 fully saturated rings. The van der Waals surface area contributed by atoms with Crippen molar-refractivity contribution in [2.75, 3.05) is 0 Å². The largest absolute Gasteiger partial charge is 0.455 e. The lowest BCUT2D eigenvalue weighted by atomic mass is 9.92. The SMILES string of the molecule is [2H]c1c([2H])c([2H])c2c(oc3c([2H])c(-c4nc(-c5ccccc5)nc(-c5cccc6c5sc5ccccc56)n4)c([2H])c([2H])c32)c1-c1ccc2c3ccccc3c3ccccc3c2c1. The molecule has 0 saturated carbocycles. The van der Waals surface area contributed by atoms with Crippen molar-refractivity contribution < 1.29 is 12.6 Å². The minimum atomic E-state index is -0.342. The summed E-state index contributed by atoms with van der Waals surface area (Å²) in [5.74, 6) is 0.718. The zero-order chi connectivity index (χ0) is 42.0. The lowest BCUT2D eigenvalue weighted by Crippen LogP contribution is -2.00. The molecule has 0 amide bonds. The predicted octanol–water partition coefficient (Wildman–Crippen LogP) is 14.3. The number of aromatic nitrogens is 3. The normalized spacial score (nSPS) is 13.4. The number of para-hydroxylation sites is 1. The smallest absolute Gasteiger partial charge is 0.165 e. The molecule has 5 heteroatoms. The summed E-state index contributed by atoms with van der Waals surface area (Å²) < 4.78 is 64.6. The Labute approximate surface area is 333 Å². The molecule has 56 heavy (non-hydrogen) atoms. The highest BCUT2D eigenvalue weighted by atomic mass is 32.1. The molecular weight excluding hydrogens is 703 g/mol. The van der Waals surface area contributed by atoms with Gasteiger partial charge in [0.15, 0.2) is 17.5 Å². The lowest BCUT2D eigenvalue weighted by Gasteiger charge is -2.12. The van der Waals surface area contributed by atoms with Gasteiger partial charge in [-0.25, -0.2) is 15.0 Å². The molecule has 0 radical (unpaired) electrons. The van der Waals surface area contributed by atoms with Gasteiger partial charge >= 0.3 is 0 Å². The fourth-order valence-electron chi connectivity index (χ4n) is 8.04. The van der Waals surface area contributed by atoms with Crippen LogP contribution < -0.4 is 0 Å². The minimum Gasteiger partial charge on any atom is -0.455 e. The van der Waals surface area contributed by atoms with Crippen molar-refractivity contribution in [3.63, 3.8) is 0 Å². The minimum absolute atomic E-state index is 0.0276. The first-order chi connectivity index (χ1) is 30.3. The van der Waals surface area contributed by atoms with E-state index >= 15 is 0 Å². The molecule has 0 N–H and O–H groups in total. The van der Waals surface area contributed by atoms with E-state index in [1.54, 1.807) is 11.3 Å². The van der Waals surface area contributed by atoms with Crippen molar-refractivity contribution >= 4 is 85.8 Å². The van der Waals surface area contributed by atoms with Gasteiger partial charge in [-0.3, -0.25) is 0 Å². The molecule has 3 aromatic heterocycles. The van der Waals surface area contributed by atoms with Crippen molar-refractivity contribution in [3.8, 4) is 45.3 Å². The van der Waals surface area contributed by atoms with Gasteiger partial charge < -0.3 is 4.42 Å². The molecular formula is C51H29N3OS. The van der Waals surface area contributed by atoms with Crippen LogP contribution in [-0.4, -0.2) is 15.0 Å². The van der Waals surface area contributed by atoms with Gasteiger partial charge in [0, 0.05) is 53.2 Å². The molecule has 0 spiro atoms. The molecule has 9 aromatic carbocycles. The summed E-state index contributed by atoms with van der Waals surface area (Å²) in [4.78, 5) is 14.8. The van der Waals surface area contributed by atoms with E-state index in [1.165, 1.54) is 0 Å². The monoisotopic (exact) mass is 737 g/mol. The van der Waals surface area contributed by atoms with Gasteiger partial charge in [0.25, 0.3) is 0 Å². The van der Waals surface area contributed by atoms with Crippen LogP contribution in [0.15, 0.2) is 180 Å². The molecule has 12 aromatic rings. The maximum absolute atomic E-state index is 9.68. The first-order valence-electron chi connectivity index (χ1n) is 21.3. The molecule has 12 rings (SSSR count). The van der Waals surface area contributed by atoms with Crippen LogP contribution in [0.5, 0.6) is 0 Å². The van der Waals surface area contributed by atoms with Gasteiger partial charge in [0.05, 0.1) is 8.22 Å². The quantitative estimate of drug-likeness (QED) is 0.169. The molecule has 0 aliphatic heterocycles. The second-order valence-electron chi connectivity index (χ2n) is 13.8.